The third-order valence-electron chi connectivity index (χ3n) is 4.95. The number of Topliss-reactive ketones (excluding diaryl/α,β-unsaturated/α-hetero) is 1. The van der Waals surface area contributed by atoms with Gasteiger partial charge < -0.3 is 9.30 Å². The van der Waals surface area contributed by atoms with Crippen LogP contribution in [0.25, 0.3) is 10.9 Å². The topological polar surface area (TPSA) is 31.2 Å². The molecule has 0 bridgehead atoms. The second kappa shape index (κ2) is 8.43. The van der Waals surface area contributed by atoms with Gasteiger partial charge in [-0.2, -0.15) is 0 Å². The lowest BCUT2D eigenvalue weighted by molar-refractivity contribution is 0.0983. The summed E-state index contributed by atoms with van der Waals surface area (Å²) in [6.45, 7) is 9.78. The molecule has 3 rings (SSSR count). The first kappa shape index (κ1) is 19.2. The van der Waals surface area contributed by atoms with Gasteiger partial charge >= 0.3 is 0 Å². The van der Waals surface area contributed by atoms with Crippen molar-refractivity contribution in [3.63, 3.8) is 0 Å². The van der Waals surface area contributed by atoms with Gasteiger partial charge in [0.1, 0.15) is 12.4 Å². The molecule has 0 atom stereocenters. The zero-order valence-electron chi connectivity index (χ0n) is 16.8. The highest BCUT2D eigenvalue weighted by molar-refractivity contribution is 6.08. The molecule has 3 nitrogen and oxygen atoms in total. The van der Waals surface area contributed by atoms with Crippen LogP contribution in [0.15, 0.2) is 48.7 Å². The molecule has 0 N–H and O–H groups in total. The molecule has 0 radical (unpaired) electrons. The first-order valence-corrected chi connectivity index (χ1v) is 9.85. The normalized spacial score (nSPS) is 11.3. The van der Waals surface area contributed by atoms with E-state index in [2.05, 4.69) is 49.6 Å². The molecule has 0 fully saturated rings. The fourth-order valence-corrected chi connectivity index (χ4v) is 3.51. The van der Waals surface area contributed by atoms with E-state index in [0.717, 1.165) is 28.6 Å². The minimum atomic E-state index is 0.217. The van der Waals surface area contributed by atoms with Gasteiger partial charge in [-0.3, -0.25) is 4.79 Å². The fourth-order valence-electron chi connectivity index (χ4n) is 3.51. The molecule has 142 valence electrons. The molecule has 0 saturated carbocycles. The monoisotopic (exact) mass is 363 g/mol. The van der Waals surface area contributed by atoms with E-state index in [1.165, 1.54) is 11.1 Å². The molecule has 0 aliphatic heterocycles. The van der Waals surface area contributed by atoms with E-state index in [9.17, 15) is 4.79 Å². The summed E-state index contributed by atoms with van der Waals surface area (Å²) < 4.78 is 8.29. The highest BCUT2D eigenvalue weighted by atomic mass is 16.5. The molecule has 2 aromatic carbocycles. The van der Waals surface area contributed by atoms with Crippen molar-refractivity contribution in [2.75, 3.05) is 6.61 Å². The standard InChI is InChI=1S/C24H29NO2/c1-5-8-23(26)21-16-25(22-10-7-6-9-20(21)22)13-14-27-24-15-18(4)11-12-19(24)17(2)3/h6-7,9-12,15-17H,5,8,13-14H2,1-4H3. The predicted molar refractivity (Wildman–Crippen MR) is 112 cm³/mol. The number of nitrogens with zero attached hydrogens (tertiary/aromatic N) is 1. The van der Waals surface area contributed by atoms with Crippen molar-refractivity contribution in [3.05, 3.63) is 65.4 Å². The number of ketones is 1. The molecule has 1 heterocycles. The van der Waals surface area contributed by atoms with Gasteiger partial charge in [0.2, 0.25) is 0 Å². The van der Waals surface area contributed by atoms with E-state index < -0.39 is 0 Å². The van der Waals surface area contributed by atoms with Crippen LogP contribution < -0.4 is 4.74 Å². The van der Waals surface area contributed by atoms with Gasteiger partial charge in [0, 0.05) is 29.1 Å². The van der Waals surface area contributed by atoms with Crippen LogP contribution in [0.5, 0.6) is 5.75 Å². The Morgan fingerprint density at radius 1 is 1.15 bits per heavy atom. The molecule has 0 spiro atoms. The zero-order valence-corrected chi connectivity index (χ0v) is 16.8. The van der Waals surface area contributed by atoms with Gasteiger partial charge in [-0.05, 0) is 42.5 Å². The van der Waals surface area contributed by atoms with E-state index >= 15 is 0 Å². The van der Waals surface area contributed by atoms with Crippen LogP contribution in [0.2, 0.25) is 0 Å². The Hall–Kier alpha value is -2.55. The van der Waals surface area contributed by atoms with Gasteiger partial charge in [-0.25, -0.2) is 0 Å². The van der Waals surface area contributed by atoms with Crippen molar-refractivity contribution in [2.24, 2.45) is 0 Å². The lowest BCUT2D eigenvalue weighted by Gasteiger charge is -2.15. The molecular weight excluding hydrogens is 334 g/mol. The minimum absolute atomic E-state index is 0.217. The van der Waals surface area contributed by atoms with Gasteiger partial charge in [-0.15, -0.1) is 0 Å². The zero-order chi connectivity index (χ0) is 19.4. The smallest absolute Gasteiger partial charge is 0.165 e. The van der Waals surface area contributed by atoms with Crippen LogP contribution in [0.4, 0.5) is 0 Å². The first-order chi connectivity index (χ1) is 13.0. The highest BCUT2D eigenvalue weighted by Crippen LogP contribution is 2.28. The molecular formula is C24H29NO2. The molecule has 3 heteroatoms. The number of aromatic nitrogens is 1. The third kappa shape index (κ3) is 4.24. The Kier molecular flexibility index (Phi) is 6.00. The quantitative estimate of drug-likeness (QED) is 0.450. The molecule has 3 aromatic rings. The van der Waals surface area contributed by atoms with Crippen molar-refractivity contribution in [3.8, 4) is 5.75 Å². The first-order valence-electron chi connectivity index (χ1n) is 9.85. The second-order valence-electron chi connectivity index (χ2n) is 7.47. The summed E-state index contributed by atoms with van der Waals surface area (Å²) in [5, 5.41) is 1.04. The molecule has 27 heavy (non-hydrogen) atoms. The van der Waals surface area contributed by atoms with Crippen molar-refractivity contribution in [1.82, 2.24) is 4.57 Å². The molecule has 0 unspecified atom stereocenters. The third-order valence-corrected chi connectivity index (χ3v) is 4.95. The number of aryl methyl sites for hydroxylation is 1. The maximum atomic E-state index is 12.5. The predicted octanol–water partition coefficient (Wildman–Crippen LogP) is 6.13. The molecule has 0 aliphatic carbocycles. The van der Waals surface area contributed by atoms with Crippen molar-refractivity contribution in [1.29, 1.82) is 0 Å². The fraction of sp³-hybridized carbons (Fsp3) is 0.375. The van der Waals surface area contributed by atoms with Crippen molar-refractivity contribution < 1.29 is 9.53 Å². The maximum absolute atomic E-state index is 12.5. The lowest BCUT2D eigenvalue weighted by Crippen LogP contribution is -2.09. The van der Waals surface area contributed by atoms with E-state index in [1.54, 1.807) is 0 Å². The molecule has 0 saturated heterocycles. The summed E-state index contributed by atoms with van der Waals surface area (Å²) in [6, 6.07) is 14.5. The average Bonchev–Trinajstić information content (AvgIpc) is 3.01. The molecule has 0 aliphatic rings. The number of para-hydroxylation sites is 1. The Balaban J connectivity index is 1.80. The van der Waals surface area contributed by atoms with Crippen LogP contribution in [-0.2, 0) is 6.54 Å². The van der Waals surface area contributed by atoms with Crippen molar-refractivity contribution >= 4 is 16.7 Å². The summed E-state index contributed by atoms with van der Waals surface area (Å²) in [7, 11) is 0. The van der Waals surface area contributed by atoms with Gasteiger partial charge in [0.25, 0.3) is 0 Å². The van der Waals surface area contributed by atoms with Gasteiger partial charge in [0.05, 0.1) is 6.54 Å². The number of carbonyl (C=O) groups excluding carboxylic acids is 1. The highest BCUT2D eigenvalue weighted by Gasteiger charge is 2.14. The minimum Gasteiger partial charge on any atom is -0.491 e. The largest absolute Gasteiger partial charge is 0.491 e. The summed E-state index contributed by atoms with van der Waals surface area (Å²) in [5.41, 5.74) is 4.35. The van der Waals surface area contributed by atoms with E-state index in [4.69, 9.17) is 4.74 Å². The molecule has 0 amide bonds. The number of rotatable bonds is 8. The van der Waals surface area contributed by atoms with Crippen LogP contribution >= 0.6 is 0 Å². The average molecular weight is 364 g/mol. The number of benzene rings is 2. The van der Waals surface area contributed by atoms with E-state index in [-0.39, 0.29) is 5.78 Å². The lowest BCUT2D eigenvalue weighted by atomic mass is 10.0. The number of hydrogen-bond acceptors (Lipinski definition) is 2. The molecule has 1 aromatic heterocycles. The van der Waals surface area contributed by atoms with E-state index in [0.29, 0.717) is 25.5 Å². The number of fused-ring (bicyclic) bond motifs is 1. The van der Waals surface area contributed by atoms with Crippen LogP contribution in [0.3, 0.4) is 0 Å². The number of carbonyl (C=O) groups is 1. The summed E-state index contributed by atoms with van der Waals surface area (Å²) >= 11 is 0. The van der Waals surface area contributed by atoms with Crippen molar-refractivity contribution in [2.45, 2.75) is 53.0 Å². The van der Waals surface area contributed by atoms with Crippen LogP contribution in [0.1, 0.15) is 61.0 Å². The SMILES string of the molecule is CCCC(=O)c1cn(CCOc2cc(C)ccc2C(C)C)c2ccccc12. The number of hydrogen-bond donors (Lipinski definition) is 0. The van der Waals surface area contributed by atoms with Crippen LogP contribution in [0, 0.1) is 6.92 Å². The number of ether oxygens (including phenoxy) is 1. The second-order valence-corrected chi connectivity index (χ2v) is 7.47. The van der Waals surface area contributed by atoms with Gasteiger partial charge in [-0.1, -0.05) is 51.1 Å². The maximum Gasteiger partial charge on any atom is 0.165 e. The Labute approximate surface area is 162 Å². The Bertz CT molecular complexity index is 937. The Morgan fingerprint density at radius 2 is 1.93 bits per heavy atom. The van der Waals surface area contributed by atoms with Gasteiger partial charge in [0.15, 0.2) is 5.78 Å². The summed E-state index contributed by atoms with van der Waals surface area (Å²) in [6.07, 6.45) is 3.45. The Morgan fingerprint density at radius 3 is 2.67 bits per heavy atom. The van der Waals surface area contributed by atoms with Crippen LogP contribution in [-0.4, -0.2) is 17.0 Å². The summed E-state index contributed by atoms with van der Waals surface area (Å²) in [5.74, 6) is 1.60. The summed E-state index contributed by atoms with van der Waals surface area (Å²) in [4.78, 5) is 12.5. The van der Waals surface area contributed by atoms with E-state index in [1.807, 2.05) is 31.3 Å².